The summed E-state index contributed by atoms with van der Waals surface area (Å²) in [6, 6.07) is 4.53. The number of benzene rings is 1. The lowest BCUT2D eigenvalue weighted by molar-refractivity contribution is 0.181. The SMILES string of the molecule is CCN(CC1CCOC1)S(=O)(=O)c1ccc2c(c1)oc(=O)n2C. The summed E-state index contributed by atoms with van der Waals surface area (Å²) in [4.78, 5) is 11.7. The van der Waals surface area contributed by atoms with Gasteiger partial charge in [-0.05, 0) is 24.5 Å². The zero-order valence-corrected chi connectivity index (χ0v) is 14.0. The molecule has 1 aromatic carbocycles. The van der Waals surface area contributed by atoms with E-state index in [-0.39, 0.29) is 16.4 Å². The van der Waals surface area contributed by atoms with E-state index in [2.05, 4.69) is 0 Å². The van der Waals surface area contributed by atoms with Crippen LogP contribution in [0.1, 0.15) is 13.3 Å². The molecule has 23 heavy (non-hydrogen) atoms. The average molecular weight is 340 g/mol. The van der Waals surface area contributed by atoms with Gasteiger partial charge in [-0.15, -0.1) is 0 Å². The summed E-state index contributed by atoms with van der Waals surface area (Å²) >= 11 is 0. The molecule has 0 aliphatic carbocycles. The number of oxazole rings is 1. The summed E-state index contributed by atoms with van der Waals surface area (Å²) in [7, 11) is -2.04. The highest BCUT2D eigenvalue weighted by molar-refractivity contribution is 7.89. The van der Waals surface area contributed by atoms with Gasteiger partial charge in [0.25, 0.3) is 0 Å². The van der Waals surface area contributed by atoms with Crippen molar-refractivity contribution in [2.75, 3.05) is 26.3 Å². The lowest BCUT2D eigenvalue weighted by atomic mass is 10.1. The van der Waals surface area contributed by atoms with Crippen LogP contribution in [-0.2, 0) is 21.8 Å². The molecule has 0 bridgehead atoms. The Balaban J connectivity index is 1.95. The van der Waals surface area contributed by atoms with E-state index in [4.69, 9.17) is 9.15 Å². The van der Waals surface area contributed by atoms with Crippen LogP contribution < -0.4 is 5.76 Å². The van der Waals surface area contributed by atoms with Gasteiger partial charge in [0.05, 0.1) is 17.0 Å². The highest BCUT2D eigenvalue weighted by Crippen LogP contribution is 2.23. The van der Waals surface area contributed by atoms with Crippen LogP contribution in [0.2, 0.25) is 0 Å². The Hall–Kier alpha value is -1.64. The monoisotopic (exact) mass is 340 g/mol. The largest absolute Gasteiger partial charge is 0.419 e. The van der Waals surface area contributed by atoms with E-state index in [0.717, 1.165) is 6.42 Å². The molecule has 2 heterocycles. The molecule has 1 fully saturated rings. The maximum absolute atomic E-state index is 12.8. The van der Waals surface area contributed by atoms with E-state index in [1.54, 1.807) is 13.1 Å². The number of aryl methyl sites for hydroxylation is 1. The van der Waals surface area contributed by atoms with Crippen LogP contribution in [0.4, 0.5) is 0 Å². The van der Waals surface area contributed by atoms with Gasteiger partial charge in [0, 0.05) is 32.8 Å². The zero-order valence-electron chi connectivity index (χ0n) is 13.2. The summed E-state index contributed by atoms with van der Waals surface area (Å²) in [5.74, 6) is -0.284. The van der Waals surface area contributed by atoms with Gasteiger partial charge in [-0.3, -0.25) is 4.57 Å². The number of aromatic nitrogens is 1. The van der Waals surface area contributed by atoms with Gasteiger partial charge in [-0.25, -0.2) is 13.2 Å². The van der Waals surface area contributed by atoms with Gasteiger partial charge >= 0.3 is 5.76 Å². The Bertz CT molecular complexity index is 862. The standard InChI is InChI=1S/C15H20N2O5S/c1-3-17(9-11-6-7-21-10-11)23(19,20)12-4-5-13-14(8-12)22-15(18)16(13)2/h4-5,8,11H,3,6-7,9-10H2,1-2H3. The van der Waals surface area contributed by atoms with E-state index >= 15 is 0 Å². The number of hydrogen-bond donors (Lipinski definition) is 0. The second-order valence-electron chi connectivity index (χ2n) is 5.74. The predicted octanol–water partition coefficient (Wildman–Crippen LogP) is 1.18. The lowest BCUT2D eigenvalue weighted by Gasteiger charge is -2.23. The quantitative estimate of drug-likeness (QED) is 0.816. The first kappa shape index (κ1) is 16.2. The molecule has 0 saturated carbocycles. The van der Waals surface area contributed by atoms with Crippen molar-refractivity contribution < 1.29 is 17.6 Å². The fourth-order valence-corrected chi connectivity index (χ4v) is 4.38. The maximum atomic E-state index is 12.8. The Kier molecular flexibility index (Phi) is 4.31. The molecule has 0 N–H and O–H groups in total. The Morgan fingerprint density at radius 3 is 2.83 bits per heavy atom. The number of fused-ring (bicyclic) bond motifs is 1. The Morgan fingerprint density at radius 2 is 2.17 bits per heavy atom. The fourth-order valence-electron chi connectivity index (χ4n) is 2.84. The highest BCUT2D eigenvalue weighted by Gasteiger charge is 2.28. The van der Waals surface area contributed by atoms with E-state index in [0.29, 0.717) is 31.8 Å². The zero-order chi connectivity index (χ0) is 16.6. The van der Waals surface area contributed by atoms with Gasteiger partial charge in [-0.1, -0.05) is 6.92 Å². The van der Waals surface area contributed by atoms with Crippen LogP contribution in [0.15, 0.2) is 32.3 Å². The van der Waals surface area contributed by atoms with E-state index in [9.17, 15) is 13.2 Å². The van der Waals surface area contributed by atoms with Crippen molar-refractivity contribution in [2.45, 2.75) is 18.2 Å². The summed E-state index contributed by atoms with van der Waals surface area (Å²) in [6.07, 6.45) is 0.874. The third-order valence-corrected chi connectivity index (χ3v) is 6.18. The molecule has 0 amide bonds. The van der Waals surface area contributed by atoms with Gasteiger partial charge in [0.2, 0.25) is 10.0 Å². The van der Waals surface area contributed by atoms with Crippen LogP contribution in [0, 0.1) is 5.92 Å². The molecule has 1 aromatic heterocycles. The normalized spacial score (nSPS) is 19.0. The second kappa shape index (κ2) is 6.10. The van der Waals surface area contributed by atoms with Crippen LogP contribution in [0.5, 0.6) is 0 Å². The van der Waals surface area contributed by atoms with Crippen molar-refractivity contribution in [3.05, 3.63) is 28.7 Å². The number of sulfonamides is 1. The van der Waals surface area contributed by atoms with Gasteiger partial charge in [0.15, 0.2) is 5.58 Å². The Labute approximate surface area is 134 Å². The Morgan fingerprint density at radius 1 is 1.39 bits per heavy atom. The molecule has 1 aliphatic heterocycles. The van der Waals surface area contributed by atoms with E-state index in [1.165, 1.54) is 21.0 Å². The second-order valence-corrected chi connectivity index (χ2v) is 7.68. The van der Waals surface area contributed by atoms with Crippen molar-refractivity contribution in [1.29, 1.82) is 0 Å². The first-order valence-electron chi connectivity index (χ1n) is 7.61. The molecule has 1 saturated heterocycles. The van der Waals surface area contributed by atoms with Crippen LogP contribution in [0.3, 0.4) is 0 Å². The van der Waals surface area contributed by atoms with E-state index in [1.807, 2.05) is 6.92 Å². The third-order valence-electron chi connectivity index (χ3n) is 4.24. The van der Waals surface area contributed by atoms with Crippen molar-refractivity contribution in [3.63, 3.8) is 0 Å². The van der Waals surface area contributed by atoms with Crippen LogP contribution in [0.25, 0.3) is 11.1 Å². The van der Waals surface area contributed by atoms with E-state index < -0.39 is 15.8 Å². The van der Waals surface area contributed by atoms with Crippen LogP contribution >= 0.6 is 0 Å². The molecule has 126 valence electrons. The molecule has 1 atom stereocenters. The first-order valence-corrected chi connectivity index (χ1v) is 9.05. The molecule has 1 aliphatic rings. The number of hydrogen-bond acceptors (Lipinski definition) is 5. The molecular weight excluding hydrogens is 320 g/mol. The minimum atomic E-state index is -3.63. The molecule has 2 aromatic rings. The highest BCUT2D eigenvalue weighted by atomic mass is 32.2. The topological polar surface area (TPSA) is 81.8 Å². The average Bonchev–Trinajstić information content (AvgIpc) is 3.13. The smallest absolute Gasteiger partial charge is 0.408 e. The number of ether oxygens (including phenoxy) is 1. The summed E-state index contributed by atoms with van der Waals surface area (Å²) < 4.78 is 38.9. The minimum Gasteiger partial charge on any atom is -0.408 e. The molecule has 0 radical (unpaired) electrons. The molecule has 1 unspecified atom stereocenters. The summed E-state index contributed by atoms with van der Waals surface area (Å²) in [6.45, 7) is 3.92. The maximum Gasteiger partial charge on any atom is 0.419 e. The van der Waals surface area contributed by atoms with Crippen molar-refractivity contribution in [3.8, 4) is 0 Å². The van der Waals surface area contributed by atoms with Gasteiger partial charge in [-0.2, -0.15) is 4.31 Å². The van der Waals surface area contributed by atoms with Crippen LogP contribution in [-0.4, -0.2) is 43.6 Å². The fraction of sp³-hybridized carbons (Fsp3) is 0.533. The number of nitrogens with zero attached hydrogens (tertiary/aromatic N) is 2. The minimum absolute atomic E-state index is 0.139. The predicted molar refractivity (Wildman–Crippen MR) is 84.8 cm³/mol. The molecule has 8 heteroatoms. The molecular formula is C15H20N2O5S. The van der Waals surface area contributed by atoms with Crippen molar-refractivity contribution in [1.82, 2.24) is 8.87 Å². The van der Waals surface area contributed by atoms with Gasteiger partial charge < -0.3 is 9.15 Å². The van der Waals surface area contributed by atoms with Crippen molar-refractivity contribution >= 4 is 21.1 Å². The molecule has 3 rings (SSSR count). The molecule has 0 spiro atoms. The molecule has 7 nitrogen and oxygen atoms in total. The third kappa shape index (κ3) is 2.93. The lowest BCUT2D eigenvalue weighted by Crippen LogP contribution is -2.35. The number of rotatable bonds is 5. The van der Waals surface area contributed by atoms with Gasteiger partial charge in [0.1, 0.15) is 0 Å². The van der Waals surface area contributed by atoms with Crippen molar-refractivity contribution in [2.24, 2.45) is 13.0 Å². The summed E-state index contributed by atoms with van der Waals surface area (Å²) in [5, 5.41) is 0. The summed E-state index contributed by atoms with van der Waals surface area (Å²) in [5.41, 5.74) is 0.847. The first-order chi connectivity index (χ1) is 10.9.